The molecule has 1 amide bonds. The van der Waals surface area contributed by atoms with Crippen LogP contribution in [0.15, 0.2) is 41.0 Å². The van der Waals surface area contributed by atoms with E-state index >= 15 is 0 Å². The first-order valence-electron chi connectivity index (χ1n) is 6.61. The number of nitrogens with zero attached hydrogens (tertiary/aromatic N) is 2. The molecule has 0 aliphatic rings. The molecule has 0 bridgehead atoms. The maximum absolute atomic E-state index is 12.2. The Morgan fingerprint density at radius 2 is 2.05 bits per heavy atom. The number of hydrogen-bond acceptors (Lipinski definition) is 4. The summed E-state index contributed by atoms with van der Waals surface area (Å²) in [5.74, 6) is 0.675. The molecule has 0 aliphatic heterocycles. The molecule has 110 valence electrons. The first kappa shape index (κ1) is 15.4. The van der Waals surface area contributed by atoms with Crippen LogP contribution in [0, 0.1) is 6.92 Å². The molecule has 0 fully saturated rings. The number of amides is 1. The molecular formula is C15H16BrN3O2. The van der Waals surface area contributed by atoms with E-state index in [4.69, 9.17) is 4.74 Å². The van der Waals surface area contributed by atoms with Crippen LogP contribution < -0.4 is 10.1 Å². The number of hydrogen-bond donors (Lipinski definition) is 1. The Kier molecular flexibility index (Phi) is 5.27. The van der Waals surface area contributed by atoms with Gasteiger partial charge in [-0.2, -0.15) is 0 Å². The van der Waals surface area contributed by atoms with Crippen LogP contribution >= 0.6 is 15.9 Å². The predicted molar refractivity (Wildman–Crippen MR) is 84.2 cm³/mol. The van der Waals surface area contributed by atoms with Crippen LogP contribution in [-0.4, -0.2) is 22.0 Å². The number of rotatable bonds is 5. The Labute approximate surface area is 131 Å². The molecule has 1 atom stereocenters. The average molecular weight is 350 g/mol. The fraction of sp³-hybridized carbons (Fsp3) is 0.267. The van der Waals surface area contributed by atoms with Crippen molar-refractivity contribution in [2.75, 3.05) is 5.32 Å². The van der Waals surface area contributed by atoms with E-state index < -0.39 is 6.10 Å². The van der Waals surface area contributed by atoms with Gasteiger partial charge in [-0.3, -0.25) is 10.1 Å². The van der Waals surface area contributed by atoms with Crippen molar-refractivity contribution in [3.63, 3.8) is 0 Å². The van der Waals surface area contributed by atoms with Gasteiger partial charge in [-0.15, -0.1) is 0 Å². The summed E-state index contributed by atoms with van der Waals surface area (Å²) in [6.45, 7) is 3.73. The summed E-state index contributed by atoms with van der Waals surface area (Å²) < 4.78 is 6.65. The Hall–Kier alpha value is -1.95. The summed E-state index contributed by atoms with van der Waals surface area (Å²) in [6, 6.07) is 9.12. The molecule has 5 nitrogen and oxygen atoms in total. The Morgan fingerprint density at radius 3 is 2.67 bits per heavy atom. The zero-order valence-electron chi connectivity index (χ0n) is 11.8. The van der Waals surface area contributed by atoms with Gasteiger partial charge in [0.1, 0.15) is 5.75 Å². The average Bonchev–Trinajstić information content (AvgIpc) is 2.46. The molecule has 1 N–H and O–H groups in total. The second-order valence-electron chi connectivity index (χ2n) is 4.48. The number of carbonyl (C=O) groups excluding carboxylic acids is 1. The fourth-order valence-corrected chi connectivity index (χ4v) is 1.96. The van der Waals surface area contributed by atoms with Crippen molar-refractivity contribution in [1.29, 1.82) is 0 Å². The number of carbonyl (C=O) groups is 1. The molecule has 6 heteroatoms. The van der Waals surface area contributed by atoms with Crippen LogP contribution in [0.4, 0.5) is 5.95 Å². The number of ether oxygens (including phenoxy) is 1. The molecule has 0 saturated carbocycles. The summed E-state index contributed by atoms with van der Waals surface area (Å²) >= 11 is 3.36. The predicted octanol–water partition coefficient (Wildman–Crippen LogP) is 3.34. The minimum absolute atomic E-state index is 0.258. The van der Waals surface area contributed by atoms with Crippen molar-refractivity contribution >= 4 is 27.8 Å². The molecule has 0 spiro atoms. The molecule has 0 aliphatic carbocycles. The molecular weight excluding hydrogens is 334 g/mol. The number of anilines is 1. The van der Waals surface area contributed by atoms with E-state index in [9.17, 15) is 4.79 Å². The van der Waals surface area contributed by atoms with Crippen molar-refractivity contribution in [3.05, 3.63) is 46.7 Å². The molecule has 1 aromatic carbocycles. The smallest absolute Gasteiger partial charge is 0.267 e. The normalized spacial score (nSPS) is 11.8. The molecule has 0 unspecified atom stereocenters. The van der Waals surface area contributed by atoms with E-state index in [2.05, 4.69) is 31.2 Å². The minimum Gasteiger partial charge on any atom is -0.481 e. The summed E-state index contributed by atoms with van der Waals surface area (Å²) in [5.41, 5.74) is 0.794. The van der Waals surface area contributed by atoms with Crippen LogP contribution in [0.2, 0.25) is 0 Å². The standard InChI is InChI=1S/C15H16BrN3O2/c1-3-13(21-12-6-4-11(16)5-7-12)14(20)19-15-17-9-8-10(2)18-15/h4-9,13H,3H2,1-2H3,(H,17,18,19,20)/t13-/m0/s1. The summed E-state index contributed by atoms with van der Waals surface area (Å²) in [4.78, 5) is 20.4. The van der Waals surface area contributed by atoms with Crippen molar-refractivity contribution in [3.8, 4) is 5.75 Å². The highest BCUT2D eigenvalue weighted by molar-refractivity contribution is 9.10. The van der Waals surface area contributed by atoms with E-state index in [0.29, 0.717) is 12.2 Å². The first-order chi connectivity index (χ1) is 10.1. The fourth-order valence-electron chi connectivity index (χ4n) is 1.70. The van der Waals surface area contributed by atoms with Crippen LogP contribution in [-0.2, 0) is 4.79 Å². The van der Waals surface area contributed by atoms with Gasteiger partial charge in [-0.25, -0.2) is 9.97 Å². The largest absolute Gasteiger partial charge is 0.481 e. The maximum atomic E-state index is 12.2. The SMILES string of the molecule is CC[C@H](Oc1ccc(Br)cc1)C(=O)Nc1nccc(C)n1. The van der Waals surface area contributed by atoms with Crippen LogP contribution in [0.3, 0.4) is 0 Å². The third-order valence-electron chi connectivity index (χ3n) is 2.79. The Balaban J connectivity index is 2.03. The van der Waals surface area contributed by atoms with E-state index in [1.807, 2.05) is 38.1 Å². The number of nitrogens with one attached hydrogen (secondary N) is 1. The van der Waals surface area contributed by atoms with Gasteiger partial charge in [-0.1, -0.05) is 22.9 Å². The van der Waals surface area contributed by atoms with Gasteiger partial charge in [0.2, 0.25) is 5.95 Å². The van der Waals surface area contributed by atoms with Crippen LogP contribution in [0.25, 0.3) is 0 Å². The van der Waals surface area contributed by atoms with E-state index in [0.717, 1.165) is 10.2 Å². The topological polar surface area (TPSA) is 64.1 Å². The van der Waals surface area contributed by atoms with Gasteiger partial charge < -0.3 is 4.74 Å². The Bertz CT molecular complexity index is 617. The lowest BCUT2D eigenvalue weighted by atomic mass is 10.2. The van der Waals surface area contributed by atoms with Gasteiger partial charge in [0.25, 0.3) is 5.91 Å². The first-order valence-corrected chi connectivity index (χ1v) is 7.40. The Morgan fingerprint density at radius 1 is 1.33 bits per heavy atom. The molecule has 0 radical (unpaired) electrons. The van der Waals surface area contributed by atoms with Gasteiger partial charge in [0.15, 0.2) is 6.10 Å². The monoisotopic (exact) mass is 349 g/mol. The van der Waals surface area contributed by atoms with E-state index in [1.165, 1.54) is 0 Å². The summed E-state index contributed by atoms with van der Waals surface area (Å²) in [5, 5.41) is 2.67. The lowest BCUT2D eigenvalue weighted by Gasteiger charge is -2.16. The quantitative estimate of drug-likeness (QED) is 0.898. The van der Waals surface area contributed by atoms with Gasteiger partial charge in [0.05, 0.1) is 0 Å². The highest BCUT2D eigenvalue weighted by Gasteiger charge is 2.19. The molecule has 2 aromatic rings. The zero-order chi connectivity index (χ0) is 15.2. The third-order valence-corrected chi connectivity index (χ3v) is 3.31. The number of aryl methyl sites for hydroxylation is 1. The highest BCUT2D eigenvalue weighted by atomic mass is 79.9. The van der Waals surface area contributed by atoms with Gasteiger partial charge in [-0.05, 0) is 43.7 Å². The number of benzene rings is 1. The molecule has 0 saturated heterocycles. The minimum atomic E-state index is -0.588. The maximum Gasteiger partial charge on any atom is 0.267 e. The molecule has 1 heterocycles. The molecule has 21 heavy (non-hydrogen) atoms. The second-order valence-corrected chi connectivity index (χ2v) is 5.40. The lowest BCUT2D eigenvalue weighted by Crippen LogP contribution is -2.33. The van der Waals surface area contributed by atoms with Gasteiger partial charge >= 0.3 is 0 Å². The van der Waals surface area contributed by atoms with Crippen molar-refractivity contribution in [1.82, 2.24) is 9.97 Å². The van der Waals surface area contributed by atoms with E-state index in [1.54, 1.807) is 12.3 Å². The lowest BCUT2D eigenvalue weighted by molar-refractivity contribution is -0.122. The van der Waals surface area contributed by atoms with E-state index in [-0.39, 0.29) is 11.9 Å². The summed E-state index contributed by atoms with van der Waals surface area (Å²) in [6.07, 6.45) is 1.57. The van der Waals surface area contributed by atoms with Crippen molar-refractivity contribution < 1.29 is 9.53 Å². The molecule has 2 rings (SSSR count). The third kappa shape index (κ3) is 4.53. The number of halogens is 1. The van der Waals surface area contributed by atoms with Crippen LogP contribution in [0.1, 0.15) is 19.0 Å². The zero-order valence-corrected chi connectivity index (χ0v) is 13.4. The van der Waals surface area contributed by atoms with Crippen LogP contribution in [0.5, 0.6) is 5.75 Å². The summed E-state index contributed by atoms with van der Waals surface area (Å²) in [7, 11) is 0. The highest BCUT2D eigenvalue weighted by Crippen LogP contribution is 2.18. The number of aromatic nitrogens is 2. The van der Waals surface area contributed by atoms with Gasteiger partial charge in [0, 0.05) is 16.4 Å². The van der Waals surface area contributed by atoms with Crippen molar-refractivity contribution in [2.45, 2.75) is 26.4 Å². The molecule has 1 aromatic heterocycles. The second kappa shape index (κ2) is 7.17. The van der Waals surface area contributed by atoms with Crippen molar-refractivity contribution in [2.24, 2.45) is 0 Å².